The Morgan fingerprint density at radius 3 is 2.14 bits per heavy atom. The third-order valence-electron chi connectivity index (χ3n) is 4.82. The summed E-state index contributed by atoms with van der Waals surface area (Å²) in [5.41, 5.74) is 4.57. The molecule has 1 amide bonds. The van der Waals surface area contributed by atoms with E-state index in [4.69, 9.17) is 9.47 Å². The summed E-state index contributed by atoms with van der Waals surface area (Å²) >= 11 is 0. The van der Waals surface area contributed by atoms with E-state index in [1.165, 1.54) is 0 Å². The maximum atomic E-state index is 12.1. The number of alkyl carbamates (subject to hydrolysis) is 1. The first-order valence-electron chi connectivity index (χ1n) is 9.40. The Balaban J connectivity index is 1.58. The van der Waals surface area contributed by atoms with E-state index in [1.807, 2.05) is 50.2 Å². The van der Waals surface area contributed by atoms with Crippen LogP contribution in [0.4, 0.5) is 4.79 Å². The van der Waals surface area contributed by atoms with Crippen LogP contribution in [0, 0.1) is 5.92 Å². The van der Waals surface area contributed by atoms with Crippen molar-refractivity contribution in [3.05, 3.63) is 59.7 Å². The normalized spacial score (nSPS) is 13.7. The molecular formula is C22H25NO5. The van der Waals surface area contributed by atoms with E-state index in [9.17, 15) is 14.7 Å². The molecule has 1 aliphatic rings. The molecule has 0 radical (unpaired) electrons. The van der Waals surface area contributed by atoms with Crippen LogP contribution in [-0.4, -0.2) is 43.0 Å². The van der Waals surface area contributed by atoms with E-state index >= 15 is 0 Å². The van der Waals surface area contributed by atoms with Crippen LogP contribution in [0.15, 0.2) is 48.5 Å². The monoisotopic (exact) mass is 383 g/mol. The number of carbonyl (C=O) groups excluding carboxylic acids is 1. The molecule has 0 spiro atoms. The van der Waals surface area contributed by atoms with Gasteiger partial charge in [0.25, 0.3) is 0 Å². The highest BCUT2D eigenvalue weighted by Crippen LogP contribution is 2.44. The average molecular weight is 383 g/mol. The van der Waals surface area contributed by atoms with Gasteiger partial charge in [0.15, 0.2) is 0 Å². The SMILES string of the molecule is CC(C)OC[C@@H](CNC(=O)OCC1c2ccccc2-c2ccccc21)C(=O)O. The van der Waals surface area contributed by atoms with Gasteiger partial charge in [-0.2, -0.15) is 0 Å². The zero-order valence-electron chi connectivity index (χ0n) is 16.1. The lowest BCUT2D eigenvalue weighted by atomic mass is 9.98. The fourth-order valence-corrected chi connectivity index (χ4v) is 3.38. The summed E-state index contributed by atoms with van der Waals surface area (Å²) in [7, 11) is 0. The van der Waals surface area contributed by atoms with Crippen LogP contribution in [0.25, 0.3) is 11.1 Å². The van der Waals surface area contributed by atoms with Gasteiger partial charge < -0.3 is 19.9 Å². The van der Waals surface area contributed by atoms with Crippen LogP contribution in [0.1, 0.15) is 30.9 Å². The summed E-state index contributed by atoms with van der Waals surface area (Å²) < 4.78 is 10.8. The molecule has 148 valence electrons. The average Bonchev–Trinajstić information content (AvgIpc) is 3.00. The third kappa shape index (κ3) is 4.51. The minimum atomic E-state index is -1.01. The fourth-order valence-electron chi connectivity index (χ4n) is 3.38. The topological polar surface area (TPSA) is 84.9 Å². The standard InChI is InChI=1S/C22H25NO5/c1-14(2)27-12-15(21(24)25)11-23-22(26)28-13-20-18-9-5-3-7-16(18)17-8-4-6-10-19(17)20/h3-10,14-15,20H,11-13H2,1-2H3,(H,23,26)(H,24,25)/t15-/m1/s1. The number of fused-ring (bicyclic) bond motifs is 3. The van der Waals surface area contributed by atoms with Crippen molar-refractivity contribution >= 4 is 12.1 Å². The summed E-state index contributed by atoms with van der Waals surface area (Å²) in [4.78, 5) is 23.4. The highest BCUT2D eigenvalue weighted by Gasteiger charge is 2.29. The van der Waals surface area contributed by atoms with Crippen LogP contribution >= 0.6 is 0 Å². The largest absolute Gasteiger partial charge is 0.481 e. The van der Waals surface area contributed by atoms with E-state index in [-0.39, 0.29) is 31.8 Å². The van der Waals surface area contributed by atoms with Crippen LogP contribution in [0.5, 0.6) is 0 Å². The van der Waals surface area contributed by atoms with Crippen LogP contribution in [0.3, 0.4) is 0 Å². The fraction of sp³-hybridized carbons (Fsp3) is 0.364. The molecule has 2 aromatic carbocycles. The number of hydrogen-bond donors (Lipinski definition) is 2. The van der Waals surface area contributed by atoms with E-state index in [2.05, 4.69) is 17.4 Å². The number of carbonyl (C=O) groups is 2. The quantitative estimate of drug-likeness (QED) is 0.727. The predicted molar refractivity (Wildman–Crippen MR) is 105 cm³/mol. The first-order chi connectivity index (χ1) is 13.5. The smallest absolute Gasteiger partial charge is 0.407 e. The van der Waals surface area contributed by atoms with E-state index in [1.54, 1.807) is 0 Å². The van der Waals surface area contributed by atoms with E-state index in [0.717, 1.165) is 22.3 Å². The number of benzene rings is 2. The molecule has 28 heavy (non-hydrogen) atoms. The second kappa shape index (κ2) is 8.89. The summed E-state index contributed by atoms with van der Waals surface area (Å²) in [6.45, 7) is 3.85. The Kier molecular flexibility index (Phi) is 6.31. The first kappa shape index (κ1) is 19.9. The van der Waals surface area contributed by atoms with Gasteiger partial charge in [0, 0.05) is 12.5 Å². The van der Waals surface area contributed by atoms with Crippen molar-refractivity contribution < 1.29 is 24.2 Å². The van der Waals surface area contributed by atoms with Gasteiger partial charge in [-0.1, -0.05) is 48.5 Å². The lowest BCUT2D eigenvalue weighted by Crippen LogP contribution is -2.36. The Morgan fingerprint density at radius 1 is 1.04 bits per heavy atom. The van der Waals surface area contributed by atoms with Crippen molar-refractivity contribution in [3.8, 4) is 11.1 Å². The Labute approximate surface area is 164 Å². The van der Waals surface area contributed by atoms with Crippen molar-refractivity contribution in [2.45, 2.75) is 25.9 Å². The number of carboxylic acids is 1. The number of carboxylic acid groups (broad SMARTS) is 1. The molecule has 0 heterocycles. The second-order valence-electron chi connectivity index (χ2n) is 7.12. The van der Waals surface area contributed by atoms with Gasteiger partial charge in [-0.05, 0) is 36.1 Å². The minimum Gasteiger partial charge on any atom is -0.481 e. The van der Waals surface area contributed by atoms with Crippen LogP contribution < -0.4 is 5.32 Å². The molecule has 6 nitrogen and oxygen atoms in total. The van der Waals surface area contributed by atoms with Crippen LogP contribution in [-0.2, 0) is 14.3 Å². The molecule has 0 unspecified atom stereocenters. The molecule has 0 saturated carbocycles. The van der Waals surface area contributed by atoms with Gasteiger partial charge in [0.1, 0.15) is 6.61 Å². The predicted octanol–water partition coefficient (Wildman–Crippen LogP) is 3.65. The van der Waals surface area contributed by atoms with Gasteiger partial charge in [-0.25, -0.2) is 4.79 Å². The Hall–Kier alpha value is -2.86. The Bertz CT molecular complexity index is 803. The number of hydrogen-bond acceptors (Lipinski definition) is 4. The third-order valence-corrected chi connectivity index (χ3v) is 4.82. The van der Waals surface area contributed by atoms with Gasteiger partial charge >= 0.3 is 12.1 Å². The number of aliphatic carboxylic acids is 1. The Morgan fingerprint density at radius 2 is 1.61 bits per heavy atom. The van der Waals surface area contributed by atoms with Crippen molar-refractivity contribution in [1.29, 1.82) is 0 Å². The molecule has 0 aromatic heterocycles. The second-order valence-corrected chi connectivity index (χ2v) is 7.12. The van der Waals surface area contributed by atoms with Crippen molar-refractivity contribution in [1.82, 2.24) is 5.32 Å². The highest BCUT2D eigenvalue weighted by atomic mass is 16.5. The number of amides is 1. The van der Waals surface area contributed by atoms with Gasteiger partial charge in [0.2, 0.25) is 0 Å². The zero-order chi connectivity index (χ0) is 20.1. The zero-order valence-corrected chi connectivity index (χ0v) is 16.1. The van der Waals surface area contributed by atoms with Gasteiger partial charge in [-0.3, -0.25) is 4.79 Å². The molecule has 3 rings (SSSR count). The number of rotatable bonds is 8. The lowest BCUT2D eigenvalue weighted by Gasteiger charge is -2.17. The lowest BCUT2D eigenvalue weighted by molar-refractivity contribution is -0.144. The highest BCUT2D eigenvalue weighted by molar-refractivity contribution is 5.79. The first-order valence-corrected chi connectivity index (χ1v) is 9.40. The molecule has 0 bridgehead atoms. The molecule has 1 aliphatic carbocycles. The molecule has 0 aliphatic heterocycles. The van der Waals surface area contributed by atoms with Crippen molar-refractivity contribution in [2.24, 2.45) is 5.92 Å². The molecule has 1 atom stereocenters. The summed E-state index contributed by atoms with van der Waals surface area (Å²) in [5.74, 6) is -1.86. The van der Waals surface area contributed by atoms with Crippen LogP contribution in [0.2, 0.25) is 0 Å². The number of nitrogens with one attached hydrogen (secondary N) is 1. The van der Waals surface area contributed by atoms with Crippen molar-refractivity contribution in [3.63, 3.8) is 0 Å². The van der Waals surface area contributed by atoms with Crippen molar-refractivity contribution in [2.75, 3.05) is 19.8 Å². The summed E-state index contributed by atoms with van der Waals surface area (Å²) in [6, 6.07) is 16.2. The number of ether oxygens (including phenoxy) is 2. The molecule has 6 heteroatoms. The summed E-state index contributed by atoms with van der Waals surface area (Å²) in [5, 5.41) is 11.8. The maximum absolute atomic E-state index is 12.1. The molecule has 0 saturated heterocycles. The van der Waals surface area contributed by atoms with E-state index in [0.29, 0.717) is 0 Å². The molecule has 2 N–H and O–H groups in total. The summed E-state index contributed by atoms with van der Waals surface area (Å²) in [6.07, 6.45) is -0.700. The molecule has 0 fully saturated rings. The maximum Gasteiger partial charge on any atom is 0.407 e. The minimum absolute atomic E-state index is 0.0299. The van der Waals surface area contributed by atoms with E-state index < -0.39 is 18.0 Å². The molecular weight excluding hydrogens is 358 g/mol. The van der Waals surface area contributed by atoms with Gasteiger partial charge in [-0.15, -0.1) is 0 Å². The van der Waals surface area contributed by atoms with Gasteiger partial charge in [0.05, 0.1) is 18.6 Å². The molecule has 2 aromatic rings.